The molecule has 0 aliphatic carbocycles. The number of carbonyl (C=O) groups is 3. The monoisotopic (exact) mass is 344 g/mol. The number of rotatable bonds is 4. The van der Waals surface area contributed by atoms with Gasteiger partial charge in [0.2, 0.25) is 5.91 Å². The molecule has 3 rings (SSSR count). The maximum Gasteiger partial charge on any atom is 0.308 e. The second-order valence-electron chi connectivity index (χ2n) is 6.32. The number of carbonyl (C=O) groups excluding carboxylic acids is 2. The third kappa shape index (κ3) is 3.47. The normalized spacial score (nSPS) is 17.5. The Hall–Kier alpha value is -2.90. The van der Waals surface area contributed by atoms with E-state index in [-0.39, 0.29) is 24.9 Å². The quantitative estimate of drug-likeness (QED) is 0.859. The van der Waals surface area contributed by atoms with Gasteiger partial charge in [-0.2, -0.15) is 5.10 Å². The molecule has 0 spiro atoms. The summed E-state index contributed by atoms with van der Waals surface area (Å²) in [5.41, 5.74) is 1.09. The molecule has 8 heteroatoms. The van der Waals surface area contributed by atoms with E-state index >= 15 is 0 Å². The van der Waals surface area contributed by atoms with Crippen LogP contribution >= 0.6 is 0 Å². The van der Waals surface area contributed by atoms with Crippen molar-refractivity contribution in [2.24, 2.45) is 5.92 Å². The largest absolute Gasteiger partial charge is 0.481 e. The van der Waals surface area contributed by atoms with Gasteiger partial charge in [0.15, 0.2) is 0 Å². The van der Waals surface area contributed by atoms with Crippen molar-refractivity contribution in [2.45, 2.75) is 12.8 Å². The molecule has 1 aromatic carbocycles. The first-order valence-electron chi connectivity index (χ1n) is 8.15. The summed E-state index contributed by atoms with van der Waals surface area (Å²) in [4.78, 5) is 39.1. The van der Waals surface area contributed by atoms with Crippen molar-refractivity contribution >= 4 is 28.7 Å². The van der Waals surface area contributed by atoms with Crippen LogP contribution in [0.15, 0.2) is 24.4 Å². The molecule has 1 fully saturated rings. The molecule has 1 aliphatic rings. The van der Waals surface area contributed by atoms with Gasteiger partial charge in [-0.3, -0.25) is 19.5 Å². The standard InChI is InChI=1S/C17H20N4O4/c1-20(10-14(22)21-7-3-5-12(9-21)17(24)25)16(23)13-6-2-4-11-8-18-19-15(11)13/h2,4,6,8,12H,3,5,7,9-10H2,1H3,(H,18,19)(H,24,25). The Kier molecular flexibility index (Phi) is 4.69. The minimum atomic E-state index is -0.882. The van der Waals surface area contributed by atoms with Crippen molar-refractivity contribution in [3.8, 4) is 0 Å². The number of H-pyrrole nitrogens is 1. The summed E-state index contributed by atoms with van der Waals surface area (Å²) in [6.45, 7) is 0.642. The number of hydrogen-bond donors (Lipinski definition) is 2. The van der Waals surface area contributed by atoms with Crippen molar-refractivity contribution < 1.29 is 19.5 Å². The lowest BCUT2D eigenvalue weighted by Gasteiger charge is -2.32. The number of aromatic amines is 1. The van der Waals surface area contributed by atoms with E-state index in [2.05, 4.69) is 10.2 Å². The molecular formula is C17H20N4O4. The van der Waals surface area contributed by atoms with E-state index in [4.69, 9.17) is 5.11 Å². The maximum atomic E-state index is 12.7. The topological polar surface area (TPSA) is 107 Å². The highest BCUT2D eigenvalue weighted by Crippen LogP contribution is 2.19. The zero-order valence-corrected chi connectivity index (χ0v) is 13.9. The molecule has 2 heterocycles. The van der Waals surface area contributed by atoms with Crippen molar-refractivity contribution in [3.63, 3.8) is 0 Å². The lowest BCUT2D eigenvalue weighted by molar-refractivity contribution is -0.145. The third-order valence-corrected chi connectivity index (χ3v) is 4.55. The second-order valence-corrected chi connectivity index (χ2v) is 6.32. The Morgan fingerprint density at radius 2 is 2.20 bits per heavy atom. The minimum absolute atomic E-state index is 0.0876. The van der Waals surface area contributed by atoms with E-state index in [1.807, 2.05) is 6.07 Å². The highest BCUT2D eigenvalue weighted by molar-refractivity contribution is 6.06. The molecular weight excluding hydrogens is 324 g/mol. The number of nitrogens with one attached hydrogen (secondary N) is 1. The van der Waals surface area contributed by atoms with Crippen LogP contribution in [0.25, 0.3) is 10.9 Å². The van der Waals surface area contributed by atoms with E-state index in [9.17, 15) is 14.4 Å². The van der Waals surface area contributed by atoms with Gasteiger partial charge in [-0.1, -0.05) is 12.1 Å². The molecule has 2 N–H and O–H groups in total. The Morgan fingerprint density at radius 1 is 1.40 bits per heavy atom. The Bertz CT molecular complexity index is 816. The molecule has 132 valence electrons. The van der Waals surface area contributed by atoms with Crippen molar-refractivity contribution in [1.82, 2.24) is 20.0 Å². The minimum Gasteiger partial charge on any atom is -0.481 e. The fraction of sp³-hybridized carbons (Fsp3) is 0.412. The van der Waals surface area contributed by atoms with Gasteiger partial charge in [-0.25, -0.2) is 0 Å². The first-order chi connectivity index (χ1) is 12.0. The number of nitrogens with zero attached hydrogens (tertiary/aromatic N) is 3. The number of likely N-dealkylation sites (N-methyl/N-ethyl adjacent to an activating group) is 1. The number of likely N-dealkylation sites (tertiary alicyclic amines) is 1. The van der Waals surface area contributed by atoms with Crippen molar-refractivity contribution in [3.05, 3.63) is 30.0 Å². The number of fused-ring (bicyclic) bond motifs is 1. The van der Waals surface area contributed by atoms with Gasteiger partial charge < -0.3 is 14.9 Å². The summed E-state index contributed by atoms with van der Waals surface area (Å²) in [7, 11) is 1.56. The lowest BCUT2D eigenvalue weighted by Crippen LogP contribution is -2.46. The fourth-order valence-corrected chi connectivity index (χ4v) is 3.13. The molecule has 8 nitrogen and oxygen atoms in total. The first kappa shape index (κ1) is 16.9. The van der Waals surface area contributed by atoms with Crippen LogP contribution in [-0.4, -0.2) is 69.6 Å². The van der Waals surface area contributed by atoms with Gasteiger partial charge in [-0.05, 0) is 18.9 Å². The van der Waals surface area contributed by atoms with Gasteiger partial charge in [0, 0.05) is 25.5 Å². The van der Waals surface area contributed by atoms with Crippen molar-refractivity contribution in [1.29, 1.82) is 0 Å². The predicted octanol–water partition coefficient (Wildman–Crippen LogP) is 0.958. The number of para-hydroxylation sites is 1. The Labute approximate surface area is 144 Å². The summed E-state index contributed by atoms with van der Waals surface area (Å²) < 4.78 is 0. The van der Waals surface area contributed by atoms with Crippen LogP contribution in [0, 0.1) is 5.92 Å². The number of carboxylic acids is 1. The number of aliphatic carboxylic acids is 1. The van der Waals surface area contributed by atoms with Crippen LogP contribution in [0.4, 0.5) is 0 Å². The average Bonchev–Trinajstić information content (AvgIpc) is 3.09. The van der Waals surface area contributed by atoms with Gasteiger partial charge in [0.1, 0.15) is 0 Å². The zero-order chi connectivity index (χ0) is 18.0. The van der Waals surface area contributed by atoms with E-state index in [0.717, 1.165) is 5.39 Å². The SMILES string of the molecule is CN(CC(=O)N1CCCC(C(=O)O)C1)C(=O)c1cccc2cn[nH]c12. The number of carboxylic acid groups (broad SMARTS) is 1. The lowest BCUT2D eigenvalue weighted by atomic mass is 9.98. The molecule has 0 saturated carbocycles. The molecule has 1 atom stereocenters. The highest BCUT2D eigenvalue weighted by atomic mass is 16.4. The number of hydrogen-bond acceptors (Lipinski definition) is 4. The molecule has 2 aromatic rings. The molecule has 1 aliphatic heterocycles. The summed E-state index contributed by atoms with van der Waals surface area (Å²) in [5.74, 6) is -1.93. The van der Waals surface area contributed by atoms with Gasteiger partial charge in [-0.15, -0.1) is 0 Å². The number of amides is 2. The molecule has 1 aromatic heterocycles. The zero-order valence-electron chi connectivity index (χ0n) is 13.9. The number of piperidine rings is 1. The third-order valence-electron chi connectivity index (χ3n) is 4.55. The molecule has 1 saturated heterocycles. The van der Waals surface area contributed by atoms with E-state index in [1.54, 1.807) is 25.4 Å². The maximum absolute atomic E-state index is 12.7. The summed E-state index contributed by atoms with van der Waals surface area (Å²) in [6.07, 6.45) is 2.88. The highest BCUT2D eigenvalue weighted by Gasteiger charge is 2.29. The summed E-state index contributed by atoms with van der Waals surface area (Å²) in [6, 6.07) is 5.30. The van der Waals surface area contributed by atoms with Crippen LogP contribution in [0.3, 0.4) is 0 Å². The van der Waals surface area contributed by atoms with Crippen LogP contribution in [0.1, 0.15) is 23.2 Å². The fourth-order valence-electron chi connectivity index (χ4n) is 3.13. The van der Waals surface area contributed by atoms with Gasteiger partial charge in [0.25, 0.3) is 5.91 Å². The molecule has 2 amide bonds. The Balaban J connectivity index is 1.68. The predicted molar refractivity (Wildman–Crippen MR) is 90.0 cm³/mol. The number of aromatic nitrogens is 2. The molecule has 0 radical (unpaired) electrons. The number of benzene rings is 1. The van der Waals surface area contributed by atoms with Crippen LogP contribution < -0.4 is 0 Å². The van der Waals surface area contributed by atoms with Gasteiger partial charge in [0.05, 0.1) is 29.7 Å². The van der Waals surface area contributed by atoms with Crippen LogP contribution in [0.2, 0.25) is 0 Å². The summed E-state index contributed by atoms with van der Waals surface area (Å²) >= 11 is 0. The average molecular weight is 344 g/mol. The smallest absolute Gasteiger partial charge is 0.308 e. The molecule has 0 bridgehead atoms. The van der Waals surface area contributed by atoms with E-state index in [0.29, 0.717) is 30.5 Å². The Morgan fingerprint density at radius 3 is 2.96 bits per heavy atom. The molecule has 25 heavy (non-hydrogen) atoms. The first-order valence-corrected chi connectivity index (χ1v) is 8.15. The second kappa shape index (κ2) is 6.92. The van der Waals surface area contributed by atoms with Gasteiger partial charge >= 0.3 is 5.97 Å². The van der Waals surface area contributed by atoms with E-state index < -0.39 is 11.9 Å². The van der Waals surface area contributed by atoms with Crippen molar-refractivity contribution in [2.75, 3.05) is 26.7 Å². The van der Waals surface area contributed by atoms with Crippen LogP contribution in [-0.2, 0) is 9.59 Å². The van der Waals surface area contributed by atoms with Crippen LogP contribution in [0.5, 0.6) is 0 Å². The van der Waals surface area contributed by atoms with E-state index in [1.165, 1.54) is 9.80 Å². The summed E-state index contributed by atoms with van der Waals surface area (Å²) in [5, 5.41) is 16.7. The molecule has 1 unspecified atom stereocenters.